The summed E-state index contributed by atoms with van der Waals surface area (Å²) in [6.45, 7) is 3.86. The van der Waals surface area contributed by atoms with Crippen molar-refractivity contribution in [3.63, 3.8) is 0 Å². The van der Waals surface area contributed by atoms with Crippen LogP contribution in [0, 0.1) is 5.92 Å². The third kappa shape index (κ3) is 4.31. The molecule has 0 aliphatic carbocycles. The Morgan fingerprint density at radius 3 is 2.37 bits per heavy atom. The molecule has 0 amide bonds. The molecule has 1 aromatic rings. The Morgan fingerprint density at radius 1 is 1.16 bits per heavy atom. The lowest BCUT2D eigenvalue weighted by Gasteiger charge is -2.30. The Kier molecular flexibility index (Phi) is 4.19. The van der Waals surface area contributed by atoms with Gasteiger partial charge < -0.3 is 14.8 Å². The van der Waals surface area contributed by atoms with Crippen molar-refractivity contribution in [3.8, 4) is 11.5 Å². The molecule has 0 aromatic heterocycles. The number of alkyl halides is 3. The largest absolute Gasteiger partial charge is 0.573 e. The van der Waals surface area contributed by atoms with E-state index in [1.54, 1.807) is 0 Å². The van der Waals surface area contributed by atoms with Crippen LogP contribution in [0.25, 0.3) is 0 Å². The highest BCUT2D eigenvalue weighted by molar-refractivity contribution is 5.31. The zero-order valence-electron chi connectivity index (χ0n) is 10.5. The van der Waals surface area contributed by atoms with Gasteiger partial charge in [0.05, 0.1) is 0 Å². The minimum Gasteiger partial charge on any atom is -0.490 e. The molecule has 2 rings (SSSR count). The van der Waals surface area contributed by atoms with E-state index in [1.165, 1.54) is 24.3 Å². The molecule has 1 N–H and O–H groups in total. The first-order valence-electron chi connectivity index (χ1n) is 6.17. The van der Waals surface area contributed by atoms with E-state index in [0.717, 1.165) is 19.5 Å². The fourth-order valence-electron chi connectivity index (χ4n) is 2.06. The van der Waals surface area contributed by atoms with Crippen LogP contribution in [-0.2, 0) is 0 Å². The summed E-state index contributed by atoms with van der Waals surface area (Å²) in [7, 11) is 0. The lowest BCUT2D eigenvalue weighted by atomic mass is 9.98. The van der Waals surface area contributed by atoms with Crippen molar-refractivity contribution in [3.05, 3.63) is 24.3 Å². The molecule has 19 heavy (non-hydrogen) atoms. The van der Waals surface area contributed by atoms with E-state index in [1.807, 2.05) is 0 Å². The summed E-state index contributed by atoms with van der Waals surface area (Å²) in [4.78, 5) is 0. The minimum atomic E-state index is -4.66. The lowest BCUT2D eigenvalue weighted by Crippen LogP contribution is -2.41. The number of hydrogen-bond acceptors (Lipinski definition) is 3. The fraction of sp³-hybridized carbons (Fsp3) is 0.538. The molecule has 0 radical (unpaired) electrons. The molecule has 3 nitrogen and oxygen atoms in total. The zero-order chi connectivity index (χ0) is 13.9. The van der Waals surface area contributed by atoms with Gasteiger partial charge >= 0.3 is 6.36 Å². The van der Waals surface area contributed by atoms with Gasteiger partial charge in [-0.2, -0.15) is 0 Å². The van der Waals surface area contributed by atoms with E-state index >= 15 is 0 Å². The van der Waals surface area contributed by atoms with Gasteiger partial charge in [-0.15, -0.1) is 13.2 Å². The highest BCUT2D eigenvalue weighted by atomic mass is 19.4. The van der Waals surface area contributed by atoms with Crippen molar-refractivity contribution in [1.29, 1.82) is 0 Å². The Hall–Kier alpha value is -1.43. The maximum absolute atomic E-state index is 12.0. The summed E-state index contributed by atoms with van der Waals surface area (Å²) in [5.41, 5.74) is 0. The SMILES string of the molecule is CC1CNCCC1Oc1ccc(OC(F)(F)F)cc1. The second-order valence-corrected chi connectivity index (χ2v) is 4.65. The van der Waals surface area contributed by atoms with E-state index < -0.39 is 6.36 Å². The smallest absolute Gasteiger partial charge is 0.490 e. The van der Waals surface area contributed by atoms with Crippen LogP contribution < -0.4 is 14.8 Å². The summed E-state index contributed by atoms with van der Waals surface area (Å²) in [5.74, 6) is 0.700. The highest BCUT2D eigenvalue weighted by Crippen LogP contribution is 2.26. The molecule has 1 saturated heterocycles. The van der Waals surface area contributed by atoms with Crippen molar-refractivity contribution in [1.82, 2.24) is 5.32 Å². The fourth-order valence-corrected chi connectivity index (χ4v) is 2.06. The van der Waals surface area contributed by atoms with Gasteiger partial charge in [-0.25, -0.2) is 0 Å². The predicted molar refractivity (Wildman–Crippen MR) is 64.2 cm³/mol. The summed E-state index contributed by atoms with van der Waals surface area (Å²) < 4.78 is 45.6. The Morgan fingerprint density at radius 2 is 1.79 bits per heavy atom. The van der Waals surface area contributed by atoms with Crippen LogP contribution in [0.1, 0.15) is 13.3 Å². The average Bonchev–Trinajstić information content (AvgIpc) is 2.33. The van der Waals surface area contributed by atoms with Crippen molar-refractivity contribution in [2.24, 2.45) is 5.92 Å². The van der Waals surface area contributed by atoms with E-state index in [0.29, 0.717) is 11.7 Å². The van der Waals surface area contributed by atoms with Gasteiger partial charge in [0.1, 0.15) is 17.6 Å². The molecule has 0 spiro atoms. The van der Waals surface area contributed by atoms with Gasteiger partial charge in [0, 0.05) is 12.5 Å². The van der Waals surface area contributed by atoms with Crippen LogP contribution in [0.3, 0.4) is 0 Å². The number of hydrogen-bond donors (Lipinski definition) is 1. The van der Waals surface area contributed by atoms with E-state index in [2.05, 4.69) is 17.0 Å². The van der Waals surface area contributed by atoms with Crippen molar-refractivity contribution >= 4 is 0 Å². The van der Waals surface area contributed by atoms with Crippen LogP contribution in [0.5, 0.6) is 11.5 Å². The van der Waals surface area contributed by atoms with Gasteiger partial charge in [-0.1, -0.05) is 6.92 Å². The molecule has 6 heteroatoms. The number of ether oxygens (including phenoxy) is 2. The van der Waals surface area contributed by atoms with Gasteiger partial charge in [0.15, 0.2) is 0 Å². The third-order valence-electron chi connectivity index (χ3n) is 3.05. The average molecular weight is 275 g/mol. The van der Waals surface area contributed by atoms with E-state index in [4.69, 9.17) is 4.74 Å². The zero-order valence-corrected chi connectivity index (χ0v) is 10.5. The molecule has 1 aromatic carbocycles. The molecular formula is C13H16F3NO2. The van der Waals surface area contributed by atoms with Gasteiger partial charge in [-0.3, -0.25) is 0 Å². The van der Waals surface area contributed by atoms with Crippen LogP contribution >= 0.6 is 0 Å². The van der Waals surface area contributed by atoms with Crippen LogP contribution in [0.15, 0.2) is 24.3 Å². The van der Waals surface area contributed by atoms with Crippen LogP contribution in [-0.4, -0.2) is 25.6 Å². The first-order chi connectivity index (χ1) is 8.94. The second-order valence-electron chi connectivity index (χ2n) is 4.65. The molecule has 1 aliphatic rings. The lowest BCUT2D eigenvalue weighted by molar-refractivity contribution is -0.274. The highest BCUT2D eigenvalue weighted by Gasteiger charge is 2.31. The summed E-state index contributed by atoms with van der Waals surface area (Å²) >= 11 is 0. The topological polar surface area (TPSA) is 30.5 Å². The van der Waals surface area contributed by atoms with Gasteiger partial charge in [0.2, 0.25) is 0 Å². The predicted octanol–water partition coefficient (Wildman–Crippen LogP) is 2.96. The second kappa shape index (κ2) is 5.69. The van der Waals surface area contributed by atoms with Gasteiger partial charge in [-0.05, 0) is 37.2 Å². The standard InChI is InChI=1S/C13H16F3NO2/c1-9-8-17-7-6-12(9)18-10-2-4-11(5-3-10)19-13(14,15)16/h2-5,9,12,17H,6-8H2,1H3. The van der Waals surface area contributed by atoms with Crippen LogP contribution in [0.2, 0.25) is 0 Å². The van der Waals surface area contributed by atoms with Crippen molar-refractivity contribution in [2.45, 2.75) is 25.8 Å². The molecule has 1 heterocycles. The Labute approximate surface area is 109 Å². The van der Waals surface area contributed by atoms with E-state index in [9.17, 15) is 13.2 Å². The Balaban J connectivity index is 1.94. The molecule has 1 fully saturated rings. The molecule has 0 saturated carbocycles. The van der Waals surface area contributed by atoms with Gasteiger partial charge in [0.25, 0.3) is 0 Å². The van der Waals surface area contributed by atoms with E-state index in [-0.39, 0.29) is 11.9 Å². The Bertz CT molecular complexity index is 405. The maximum atomic E-state index is 12.0. The molecule has 2 unspecified atom stereocenters. The number of halogens is 3. The summed E-state index contributed by atoms with van der Waals surface area (Å²) in [6, 6.07) is 5.51. The minimum absolute atomic E-state index is 0.0932. The van der Waals surface area contributed by atoms with Crippen LogP contribution in [0.4, 0.5) is 13.2 Å². The normalized spacial score (nSPS) is 24.0. The number of piperidine rings is 1. The molecule has 0 bridgehead atoms. The summed E-state index contributed by atoms with van der Waals surface area (Å²) in [6.07, 6.45) is -3.68. The first kappa shape index (κ1) is 14.0. The molecule has 106 valence electrons. The first-order valence-corrected chi connectivity index (χ1v) is 6.17. The molecular weight excluding hydrogens is 259 g/mol. The molecule has 1 aliphatic heterocycles. The monoisotopic (exact) mass is 275 g/mol. The number of rotatable bonds is 3. The number of nitrogens with one attached hydrogen (secondary N) is 1. The third-order valence-corrected chi connectivity index (χ3v) is 3.05. The maximum Gasteiger partial charge on any atom is 0.573 e. The van der Waals surface area contributed by atoms with Crippen molar-refractivity contribution < 1.29 is 22.6 Å². The quantitative estimate of drug-likeness (QED) is 0.920. The number of benzene rings is 1. The van der Waals surface area contributed by atoms with Crippen molar-refractivity contribution in [2.75, 3.05) is 13.1 Å². The summed E-state index contributed by atoms with van der Waals surface area (Å²) in [5, 5.41) is 3.26. The molecule has 2 atom stereocenters.